The van der Waals surface area contributed by atoms with E-state index >= 15 is 0 Å². The lowest BCUT2D eigenvalue weighted by molar-refractivity contribution is -0.138. The van der Waals surface area contributed by atoms with Crippen molar-refractivity contribution < 1.29 is 19.1 Å². The van der Waals surface area contributed by atoms with Crippen LogP contribution in [-0.4, -0.2) is 41.9 Å². The summed E-state index contributed by atoms with van der Waals surface area (Å²) in [5.74, 6) is -1.68. The Kier molecular flexibility index (Phi) is 5.75. The first-order valence-corrected chi connectivity index (χ1v) is 8.14. The Balaban J connectivity index is 1.95. The number of esters is 1. The van der Waals surface area contributed by atoms with Crippen molar-refractivity contribution in [1.29, 1.82) is 5.26 Å². The van der Waals surface area contributed by atoms with E-state index in [1.165, 1.54) is 29.2 Å². The van der Waals surface area contributed by atoms with Crippen molar-refractivity contribution in [3.63, 3.8) is 0 Å². The number of likely N-dealkylation sites (N-methyl/N-ethyl adjacent to an activating group) is 1. The van der Waals surface area contributed by atoms with Crippen LogP contribution >= 0.6 is 0 Å². The molecule has 1 saturated carbocycles. The lowest BCUT2D eigenvalue weighted by Crippen LogP contribution is -2.51. The molecule has 0 radical (unpaired) electrons. The van der Waals surface area contributed by atoms with Gasteiger partial charge in [0.05, 0.1) is 11.6 Å². The number of ether oxygens (including phenoxy) is 1. The van der Waals surface area contributed by atoms with Crippen molar-refractivity contribution in [1.82, 2.24) is 4.90 Å². The van der Waals surface area contributed by atoms with Crippen LogP contribution in [0.4, 0.5) is 0 Å². The van der Waals surface area contributed by atoms with Gasteiger partial charge in [0.1, 0.15) is 5.54 Å². The van der Waals surface area contributed by atoms with Gasteiger partial charge in [-0.25, -0.2) is 4.79 Å². The van der Waals surface area contributed by atoms with Gasteiger partial charge >= 0.3 is 5.97 Å². The largest absolute Gasteiger partial charge is 0.452 e. The van der Waals surface area contributed by atoms with Crippen LogP contribution in [-0.2, 0) is 9.53 Å². The molecule has 0 spiro atoms. The standard InChI is InChI=1S/C18H21N3O4/c1-21(18(12-19)9-3-2-4-10-18)15(22)11-25-17(24)14-7-5-13(6-8-14)16(20)23/h5-8H,2-4,9-11H2,1H3,(H2,20,23). The van der Waals surface area contributed by atoms with Crippen LogP contribution in [0.2, 0.25) is 0 Å². The molecular formula is C18H21N3O4. The van der Waals surface area contributed by atoms with Crippen LogP contribution in [0.5, 0.6) is 0 Å². The van der Waals surface area contributed by atoms with Crippen molar-refractivity contribution in [3.05, 3.63) is 35.4 Å². The summed E-state index contributed by atoms with van der Waals surface area (Å²) >= 11 is 0. The average Bonchev–Trinajstić information content (AvgIpc) is 2.65. The van der Waals surface area contributed by atoms with Gasteiger partial charge in [-0.1, -0.05) is 19.3 Å². The predicted molar refractivity (Wildman–Crippen MR) is 89.4 cm³/mol. The summed E-state index contributed by atoms with van der Waals surface area (Å²) in [7, 11) is 1.58. The van der Waals surface area contributed by atoms with E-state index in [1.54, 1.807) is 7.05 Å². The summed E-state index contributed by atoms with van der Waals surface area (Å²) in [6, 6.07) is 7.91. The van der Waals surface area contributed by atoms with Gasteiger partial charge in [-0.15, -0.1) is 0 Å². The number of hydrogen-bond donors (Lipinski definition) is 1. The molecule has 25 heavy (non-hydrogen) atoms. The number of amides is 2. The highest BCUT2D eigenvalue weighted by Gasteiger charge is 2.39. The normalized spacial score (nSPS) is 15.7. The molecule has 0 heterocycles. The van der Waals surface area contributed by atoms with Gasteiger partial charge in [-0.05, 0) is 37.1 Å². The molecule has 0 atom stereocenters. The number of nitrogens with zero attached hydrogens (tertiary/aromatic N) is 2. The third-order valence-corrected chi connectivity index (χ3v) is 4.64. The third kappa shape index (κ3) is 4.15. The average molecular weight is 343 g/mol. The van der Waals surface area contributed by atoms with Crippen LogP contribution in [0.3, 0.4) is 0 Å². The summed E-state index contributed by atoms with van der Waals surface area (Å²) in [5, 5.41) is 9.50. The highest BCUT2D eigenvalue weighted by molar-refractivity contribution is 5.95. The summed E-state index contributed by atoms with van der Waals surface area (Å²) < 4.78 is 5.04. The Morgan fingerprint density at radius 1 is 1.16 bits per heavy atom. The first-order chi connectivity index (χ1) is 11.9. The highest BCUT2D eigenvalue weighted by atomic mass is 16.5. The maximum atomic E-state index is 12.3. The molecule has 2 rings (SSSR count). The number of rotatable bonds is 5. The minimum Gasteiger partial charge on any atom is -0.452 e. The Hall–Kier alpha value is -2.88. The van der Waals surface area contributed by atoms with Gasteiger partial charge < -0.3 is 15.4 Å². The fourth-order valence-corrected chi connectivity index (χ4v) is 2.98. The van der Waals surface area contributed by atoms with Gasteiger partial charge in [0.2, 0.25) is 5.91 Å². The van der Waals surface area contributed by atoms with Crippen LogP contribution in [0.1, 0.15) is 52.8 Å². The van der Waals surface area contributed by atoms with E-state index < -0.39 is 29.9 Å². The highest BCUT2D eigenvalue weighted by Crippen LogP contribution is 2.32. The SMILES string of the molecule is CN(C(=O)COC(=O)c1ccc(C(N)=O)cc1)C1(C#N)CCCCC1. The van der Waals surface area contributed by atoms with Crippen LogP contribution < -0.4 is 5.73 Å². The fourth-order valence-electron chi connectivity index (χ4n) is 2.98. The van der Waals surface area contributed by atoms with Crippen molar-refractivity contribution in [2.75, 3.05) is 13.7 Å². The molecule has 1 fully saturated rings. The van der Waals surface area contributed by atoms with E-state index in [0.717, 1.165) is 19.3 Å². The molecular weight excluding hydrogens is 322 g/mol. The second-order valence-corrected chi connectivity index (χ2v) is 6.17. The maximum absolute atomic E-state index is 12.3. The summed E-state index contributed by atoms with van der Waals surface area (Å²) in [6.07, 6.45) is 4.12. The molecule has 0 bridgehead atoms. The quantitative estimate of drug-likeness (QED) is 0.816. The molecule has 132 valence electrons. The molecule has 2 N–H and O–H groups in total. The minimum atomic E-state index is -0.815. The second-order valence-electron chi connectivity index (χ2n) is 6.17. The van der Waals surface area contributed by atoms with E-state index in [2.05, 4.69) is 6.07 Å². The van der Waals surface area contributed by atoms with Gasteiger partial charge in [-0.3, -0.25) is 9.59 Å². The molecule has 7 heteroatoms. The number of nitriles is 1. The predicted octanol–water partition coefficient (Wildman–Crippen LogP) is 1.63. The van der Waals surface area contributed by atoms with Crippen LogP contribution in [0, 0.1) is 11.3 Å². The van der Waals surface area contributed by atoms with Crippen molar-refractivity contribution >= 4 is 17.8 Å². The van der Waals surface area contributed by atoms with Crippen molar-refractivity contribution in [2.24, 2.45) is 5.73 Å². The van der Waals surface area contributed by atoms with Gasteiger partial charge in [0.15, 0.2) is 6.61 Å². The Morgan fingerprint density at radius 2 is 1.72 bits per heavy atom. The van der Waals surface area contributed by atoms with E-state index in [0.29, 0.717) is 12.8 Å². The lowest BCUT2D eigenvalue weighted by atomic mass is 9.81. The Labute approximate surface area is 146 Å². The molecule has 7 nitrogen and oxygen atoms in total. The smallest absolute Gasteiger partial charge is 0.338 e. The van der Waals surface area contributed by atoms with E-state index in [1.807, 2.05) is 0 Å². The molecule has 0 saturated heterocycles. The number of carbonyl (C=O) groups is 3. The molecule has 2 amide bonds. The van der Waals surface area contributed by atoms with Crippen molar-refractivity contribution in [3.8, 4) is 6.07 Å². The zero-order chi connectivity index (χ0) is 18.4. The minimum absolute atomic E-state index is 0.216. The number of carbonyl (C=O) groups excluding carboxylic acids is 3. The van der Waals surface area contributed by atoms with Crippen LogP contribution in [0.25, 0.3) is 0 Å². The maximum Gasteiger partial charge on any atom is 0.338 e. The number of nitrogens with two attached hydrogens (primary N) is 1. The second kappa shape index (κ2) is 7.79. The lowest BCUT2D eigenvalue weighted by Gasteiger charge is -2.38. The number of hydrogen-bond acceptors (Lipinski definition) is 5. The first-order valence-electron chi connectivity index (χ1n) is 8.14. The molecule has 0 unspecified atom stereocenters. The zero-order valence-electron chi connectivity index (χ0n) is 14.2. The fraction of sp³-hybridized carbons (Fsp3) is 0.444. The molecule has 1 aliphatic rings. The molecule has 0 aliphatic heterocycles. The van der Waals surface area contributed by atoms with E-state index in [-0.39, 0.29) is 11.1 Å². The van der Waals surface area contributed by atoms with Crippen molar-refractivity contribution in [2.45, 2.75) is 37.6 Å². The van der Waals surface area contributed by atoms with Gasteiger partial charge in [-0.2, -0.15) is 5.26 Å². The molecule has 1 aromatic carbocycles. The summed E-state index contributed by atoms with van der Waals surface area (Å²) in [5.41, 5.74) is 4.82. The number of primary amides is 1. The van der Waals surface area contributed by atoms with E-state index in [9.17, 15) is 19.6 Å². The number of benzene rings is 1. The first kappa shape index (κ1) is 18.5. The molecule has 1 aromatic rings. The third-order valence-electron chi connectivity index (χ3n) is 4.64. The monoisotopic (exact) mass is 343 g/mol. The molecule has 1 aliphatic carbocycles. The van der Waals surface area contributed by atoms with Crippen LogP contribution in [0.15, 0.2) is 24.3 Å². The zero-order valence-corrected chi connectivity index (χ0v) is 14.2. The Bertz CT molecular complexity index is 700. The summed E-state index contributed by atoms with van der Waals surface area (Å²) in [4.78, 5) is 36.7. The van der Waals surface area contributed by atoms with Gasteiger partial charge in [0, 0.05) is 12.6 Å². The topological polar surface area (TPSA) is 113 Å². The van der Waals surface area contributed by atoms with Gasteiger partial charge in [0.25, 0.3) is 5.91 Å². The van der Waals surface area contributed by atoms with E-state index in [4.69, 9.17) is 10.5 Å². The molecule has 0 aromatic heterocycles. The summed E-state index contributed by atoms with van der Waals surface area (Å²) in [6.45, 7) is -0.434. The Morgan fingerprint density at radius 3 is 2.24 bits per heavy atom.